The minimum atomic E-state index is -1.06. The number of benzene rings is 2. The standard InChI is InChI=1S/C16H15ClO3/c1-9-7-8-10(2)14(11(9)3)20-15-12(16(18)19)5-4-6-13(15)17/h4-8H,1-3H3,(H,18,19). The van der Waals surface area contributed by atoms with Gasteiger partial charge in [-0.05, 0) is 49.6 Å². The van der Waals surface area contributed by atoms with Crippen LogP contribution in [0.25, 0.3) is 0 Å². The summed E-state index contributed by atoms with van der Waals surface area (Å²) in [5.41, 5.74) is 3.04. The molecule has 2 aromatic carbocycles. The van der Waals surface area contributed by atoms with Crippen LogP contribution in [0, 0.1) is 20.8 Å². The Labute approximate surface area is 122 Å². The van der Waals surface area contributed by atoms with E-state index in [1.54, 1.807) is 12.1 Å². The summed E-state index contributed by atoms with van der Waals surface area (Å²) in [5.74, 6) is -0.232. The molecule has 0 amide bonds. The first kappa shape index (κ1) is 14.4. The van der Waals surface area contributed by atoms with Crippen molar-refractivity contribution in [2.45, 2.75) is 20.8 Å². The first-order valence-electron chi connectivity index (χ1n) is 6.18. The molecule has 0 aliphatic rings. The summed E-state index contributed by atoms with van der Waals surface area (Å²) in [5, 5.41) is 9.51. The lowest BCUT2D eigenvalue weighted by atomic mass is 10.1. The molecule has 0 aromatic heterocycles. The molecule has 4 heteroatoms. The van der Waals surface area contributed by atoms with Gasteiger partial charge in [0, 0.05) is 0 Å². The van der Waals surface area contributed by atoms with Crippen LogP contribution in [0.3, 0.4) is 0 Å². The quantitative estimate of drug-likeness (QED) is 0.887. The first-order chi connectivity index (χ1) is 9.41. The van der Waals surface area contributed by atoms with Gasteiger partial charge >= 0.3 is 5.97 Å². The van der Waals surface area contributed by atoms with Gasteiger partial charge in [-0.1, -0.05) is 29.8 Å². The molecule has 0 atom stereocenters. The zero-order valence-corrected chi connectivity index (χ0v) is 12.3. The Morgan fingerprint density at radius 3 is 2.35 bits per heavy atom. The average molecular weight is 291 g/mol. The number of carboxylic acids is 1. The predicted molar refractivity (Wildman–Crippen MR) is 79.1 cm³/mol. The smallest absolute Gasteiger partial charge is 0.339 e. The Bertz CT molecular complexity index is 678. The van der Waals surface area contributed by atoms with Crippen molar-refractivity contribution in [3.8, 4) is 11.5 Å². The summed E-state index contributed by atoms with van der Waals surface area (Å²) in [4.78, 5) is 11.3. The zero-order chi connectivity index (χ0) is 14.9. The lowest BCUT2D eigenvalue weighted by Gasteiger charge is -2.16. The number of hydrogen-bond acceptors (Lipinski definition) is 2. The van der Waals surface area contributed by atoms with E-state index in [1.807, 2.05) is 32.9 Å². The van der Waals surface area contributed by atoms with Crippen molar-refractivity contribution in [3.05, 3.63) is 57.6 Å². The summed E-state index contributed by atoms with van der Waals surface area (Å²) in [6.07, 6.45) is 0. The molecule has 2 aromatic rings. The maximum Gasteiger partial charge on any atom is 0.339 e. The summed E-state index contributed by atoms with van der Waals surface area (Å²) in [6.45, 7) is 5.83. The highest BCUT2D eigenvalue weighted by molar-refractivity contribution is 6.32. The molecule has 0 unspecified atom stereocenters. The molecule has 0 aliphatic carbocycles. The van der Waals surface area contributed by atoms with Crippen LogP contribution in [0.1, 0.15) is 27.0 Å². The Morgan fingerprint density at radius 1 is 1.05 bits per heavy atom. The van der Waals surface area contributed by atoms with E-state index in [2.05, 4.69) is 0 Å². The van der Waals surface area contributed by atoms with Crippen LogP contribution in [0.2, 0.25) is 5.02 Å². The van der Waals surface area contributed by atoms with Gasteiger partial charge in [0.05, 0.1) is 5.02 Å². The summed E-state index contributed by atoms with van der Waals surface area (Å²) < 4.78 is 5.83. The van der Waals surface area contributed by atoms with Crippen molar-refractivity contribution in [2.24, 2.45) is 0 Å². The van der Waals surface area contributed by atoms with Crippen LogP contribution in [0.15, 0.2) is 30.3 Å². The maximum atomic E-state index is 11.3. The minimum Gasteiger partial charge on any atom is -0.478 e. The number of halogens is 1. The van der Waals surface area contributed by atoms with Gasteiger partial charge in [0.15, 0.2) is 5.75 Å². The van der Waals surface area contributed by atoms with Crippen molar-refractivity contribution in [1.82, 2.24) is 0 Å². The van der Waals surface area contributed by atoms with Crippen LogP contribution in [-0.2, 0) is 0 Å². The Morgan fingerprint density at radius 2 is 1.70 bits per heavy atom. The molecule has 0 heterocycles. The zero-order valence-electron chi connectivity index (χ0n) is 11.5. The molecule has 0 bridgehead atoms. The third-order valence-electron chi connectivity index (χ3n) is 3.28. The van der Waals surface area contributed by atoms with E-state index in [0.717, 1.165) is 16.7 Å². The number of hydrogen-bond donors (Lipinski definition) is 1. The second-order valence-corrected chi connectivity index (χ2v) is 5.08. The van der Waals surface area contributed by atoms with Crippen LogP contribution in [0.4, 0.5) is 0 Å². The lowest BCUT2D eigenvalue weighted by Crippen LogP contribution is -2.02. The monoisotopic (exact) mass is 290 g/mol. The van der Waals surface area contributed by atoms with Gasteiger partial charge in [-0.15, -0.1) is 0 Å². The number of carbonyl (C=O) groups is 1. The Kier molecular flexibility index (Phi) is 4.00. The van der Waals surface area contributed by atoms with E-state index in [4.69, 9.17) is 16.3 Å². The molecule has 0 aliphatic heterocycles. The number of rotatable bonds is 3. The number of aromatic carboxylic acids is 1. The fourth-order valence-electron chi connectivity index (χ4n) is 1.97. The van der Waals surface area contributed by atoms with Gasteiger partial charge in [0.1, 0.15) is 11.3 Å². The first-order valence-corrected chi connectivity index (χ1v) is 6.56. The van der Waals surface area contributed by atoms with Crippen molar-refractivity contribution < 1.29 is 14.6 Å². The van der Waals surface area contributed by atoms with E-state index in [9.17, 15) is 9.90 Å². The van der Waals surface area contributed by atoms with Crippen molar-refractivity contribution in [1.29, 1.82) is 0 Å². The van der Waals surface area contributed by atoms with Crippen molar-refractivity contribution in [3.63, 3.8) is 0 Å². The number of ether oxygens (including phenoxy) is 1. The van der Waals surface area contributed by atoms with Crippen LogP contribution in [0.5, 0.6) is 11.5 Å². The molecule has 0 fully saturated rings. The molecule has 20 heavy (non-hydrogen) atoms. The third-order valence-corrected chi connectivity index (χ3v) is 3.57. The second kappa shape index (κ2) is 5.55. The maximum absolute atomic E-state index is 11.3. The number of carboxylic acid groups (broad SMARTS) is 1. The van der Waals surface area contributed by atoms with E-state index < -0.39 is 5.97 Å². The highest BCUT2D eigenvalue weighted by Gasteiger charge is 2.17. The van der Waals surface area contributed by atoms with E-state index >= 15 is 0 Å². The lowest BCUT2D eigenvalue weighted by molar-refractivity contribution is 0.0694. The van der Waals surface area contributed by atoms with Crippen LogP contribution >= 0.6 is 11.6 Å². The SMILES string of the molecule is Cc1ccc(C)c(Oc2c(Cl)cccc2C(=O)O)c1C. The molecule has 0 saturated heterocycles. The van der Waals surface area contributed by atoms with E-state index in [-0.39, 0.29) is 16.3 Å². The van der Waals surface area contributed by atoms with Gasteiger partial charge in [-0.25, -0.2) is 4.79 Å². The van der Waals surface area contributed by atoms with Gasteiger partial charge in [-0.3, -0.25) is 0 Å². The molecular weight excluding hydrogens is 276 g/mol. The fraction of sp³-hybridized carbons (Fsp3) is 0.188. The number of aryl methyl sites for hydroxylation is 2. The summed E-state index contributed by atoms with van der Waals surface area (Å²) in [7, 11) is 0. The second-order valence-electron chi connectivity index (χ2n) is 4.68. The van der Waals surface area contributed by atoms with Gasteiger partial charge in [-0.2, -0.15) is 0 Å². The molecule has 3 nitrogen and oxygen atoms in total. The average Bonchev–Trinajstić information content (AvgIpc) is 2.40. The topological polar surface area (TPSA) is 46.5 Å². The molecule has 2 rings (SSSR count). The van der Waals surface area contributed by atoms with Crippen LogP contribution in [-0.4, -0.2) is 11.1 Å². The van der Waals surface area contributed by atoms with Gasteiger partial charge in [0.2, 0.25) is 0 Å². The Balaban J connectivity index is 2.56. The highest BCUT2D eigenvalue weighted by atomic mass is 35.5. The van der Waals surface area contributed by atoms with E-state index in [0.29, 0.717) is 5.75 Å². The Hall–Kier alpha value is -2.00. The number of para-hydroxylation sites is 1. The van der Waals surface area contributed by atoms with Crippen molar-refractivity contribution in [2.75, 3.05) is 0 Å². The fourth-order valence-corrected chi connectivity index (χ4v) is 2.18. The highest BCUT2D eigenvalue weighted by Crippen LogP contribution is 2.36. The molecule has 1 N–H and O–H groups in total. The molecule has 104 valence electrons. The summed E-state index contributed by atoms with van der Waals surface area (Å²) in [6, 6.07) is 8.62. The normalized spacial score (nSPS) is 10.4. The minimum absolute atomic E-state index is 0.0535. The van der Waals surface area contributed by atoms with Gasteiger partial charge < -0.3 is 9.84 Å². The molecule has 0 radical (unpaired) electrons. The largest absolute Gasteiger partial charge is 0.478 e. The molecule has 0 saturated carbocycles. The summed E-state index contributed by atoms with van der Waals surface area (Å²) >= 11 is 6.08. The van der Waals surface area contributed by atoms with Gasteiger partial charge in [0.25, 0.3) is 0 Å². The molecular formula is C16H15ClO3. The van der Waals surface area contributed by atoms with Crippen LogP contribution < -0.4 is 4.74 Å². The predicted octanol–water partition coefficient (Wildman–Crippen LogP) is 4.76. The van der Waals surface area contributed by atoms with Crippen molar-refractivity contribution >= 4 is 17.6 Å². The van der Waals surface area contributed by atoms with E-state index in [1.165, 1.54) is 6.07 Å². The third kappa shape index (κ3) is 2.63. The molecule has 0 spiro atoms.